The van der Waals surface area contributed by atoms with E-state index in [1.807, 2.05) is 6.07 Å². The molecule has 1 aliphatic carbocycles. The predicted octanol–water partition coefficient (Wildman–Crippen LogP) is 3.63. The Hall–Kier alpha value is -1.56. The van der Waals surface area contributed by atoms with Crippen LogP contribution in [0.4, 0.5) is 10.1 Å². The van der Waals surface area contributed by atoms with Crippen molar-refractivity contribution in [2.45, 2.75) is 38.6 Å². The molecule has 2 unspecified atom stereocenters. The van der Waals surface area contributed by atoms with Crippen LogP contribution in [0.2, 0.25) is 0 Å². The Morgan fingerprint density at radius 3 is 2.88 bits per heavy atom. The number of nitrogens with zero attached hydrogens (tertiary/aromatic N) is 1. The lowest BCUT2D eigenvalue weighted by molar-refractivity contribution is 0.387. The summed E-state index contributed by atoms with van der Waals surface area (Å²) in [5.74, 6) is -0.196. The number of rotatable bonds is 2. The van der Waals surface area contributed by atoms with Crippen LogP contribution >= 0.6 is 0 Å². The quantitative estimate of drug-likeness (QED) is 0.845. The molecule has 1 saturated carbocycles. The molecule has 1 aromatic carbocycles. The lowest BCUT2D eigenvalue weighted by atomic mass is 9.85. The van der Waals surface area contributed by atoms with Crippen molar-refractivity contribution < 1.29 is 4.39 Å². The van der Waals surface area contributed by atoms with Crippen LogP contribution in [-0.4, -0.2) is 6.04 Å². The maximum absolute atomic E-state index is 13.8. The second-order valence-electron chi connectivity index (χ2n) is 4.71. The first-order valence-corrected chi connectivity index (χ1v) is 6.13. The fourth-order valence-electron chi connectivity index (χ4n) is 2.42. The number of anilines is 1. The number of benzene rings is 1. The van der Waals surface area contributed by atoms with E-state index in [4.69, 9.17) is 5.26 Å². The van der Waals surface area contributed by atoms with Crippen molar-refractivity contribution >= 4 is 5.69 Å². The minimum atomic E-state index is -0.199. The van der Waals surface area contributed by atoms with Gasteiger partial charge in [0.1, 0.15) is 5.82 Å². The average molecular weight is 232 g/mol. The van der Waals surface area contributed by atoms with Crippen molar-refractivity contribution in [3.8, 4) is 6.07 Å². The second-order valence-corrected chi connectivity index (χ2v) is 4.71. The van der Waals surface area contributed by atoms with Gasteiger partial charge in [-0.15, -0.1) is 0 Å². The van der Waals surface area contributed by atoms with Crippen LogP contribution in [0, 0.1) is 30.0 Å². The largest absolute Gasteiger partial charge is 0.379 e. The Balaban J connectivity index is 2.14. The van der Waals surface area contributed by atoms with Gasteiger partial charge in [0.2, 0.25) is 0 Å². The number of halogens is 1. The molecule has 0 amide bonds. The third-order valence-corrected chi connectivity index (χ3v) is 3.46. The van der Waals surface area contributed by atoms with Crippen molar-refractivity contribution in [2.24, 2.45) is 5.92 Å². The number of hydrogen-bond acceptors (Lipinski definition) is 2. The van der Waals surface area contributed by atoms with Crippen LogP contribution in [0.5, 0.6) is 0 Å². The smallest absolute Gasteiger partial charge is 0.149 e. The lowest BCUT2D eigenvalue weighted by Crippen LogP contribution is -2.31. The normalized spacial score (nSPS) is 24.1. The molecule has 1 N–H and O–H groups in total. The van der Waals surface area contributed by atoms with Gasteiger partial charge in [-0.25, -0.2) is 4.39 Å². The first-order chi connectivity index (χ1) is 8.22. The molecule has 2 rings (SSSR count). The molecule has 3 heteroatoms. The lowest BCUT2D eigenvalue weighted by Gasteiger charge is -2.28. The van der Waals surface area contributed by atoms with E-state index >= 15 is 0 Å². The van der Waals surface area contributed by atoms with Crippen LogP contribution in [0.3, 0.4) is 0 Å². The molecule has 2 atom stereocenters. The Bertz CT molecular complexity index is 436. The summed E-state index contributed by atoms with van der Waals surface area (Å²) in [5, 5.41) is 12.3. The molecule has 1 aliphatic rings. The Morgan fingerprint density at radius 1 is 1.35 bits per heavy atom. The number of hydrogen-bond donors (Lipinski definition) is 1. The van der Waals surface area contributed by atoms with Crippen LogP contribution < -0.4 is 5.32 Å². The molecule has 0 aliphatic heterocycles. The molecule has 0 spiro atoms. The molecule has 0 radical (unpaired) electrons. The third-order valence-electron chi connectivity index (χ3n) is 3.46. The van der Waals surface area contributed by atoms with Crippen molar-refractivity contribution in [2.75, 3.05) is 5.32 Å². The first kappa shape index (κ1) is 11.9. The highest BCUT2D eigenvalue weighted by Crippen LogP contribution is 2.28. The number of aryl methyl sites for hydroxylation is 1. The highest BCUT2D eigenvalue weighted by molar-refractivity contribution is 5.48. The van der Waals surface area contributed by atoms with Crippen molar-refractivity contribution in [3.05, 3.63) is 29.6 Å². The topological polar surface area (TPSA) is 35.8 Å². The maximum atomic E-state index is 13.8. The molecule has 17 heavy (non-hydrogen) atoms. The minimum absolute atomic E-state index is 0.00339. The average Bonchev–Trinajstić information content (AvgIpc) is 2.35. The van der Waals surface area contributed by atoms with E-state index in [0.29, 0.717) is 11.3 Å². The fourth-order valence-corrected chi connectivity index (χ4v) is 2.42. The molecule has 1 aromatic rings. The van der Waals surface area contributed by atoms with Crippen molar-refractivity contribution in [1.29, 1.82) is 5.26 Å². The predicted molar refractivity (Wildman–Crippen MR) is 66.1 cm³/mol. The SMILES string of the molecule is Cc1cccc(NC2CCCCC2C#N)c1F. The van der Waals surface area contributed by atoms with Crippen LogP contribution in [0.15, 0.2) is 18.2 Å². The molecule has 90 valence electrons. The van der Waals surface area contributed by atoms with Gasteiger partial charge in [-0.1, -0.05) is 25.0 Å². The fraction of sp³-hybridized carbons (Fsp3) is 0.500. The zero-order valence-corrected chi connectivity index (χ0v) is 10.0. The summed E-state index contributed by atoms with van der Waals surface area (Å²) in [5.41, 5.74) is 1.16. The van der Waals surface area contributed by atoms with Crippen LogP contribution in [0.25, 0.3) is 0 Å². The third kappa shape index (κ3) is 2.58. The highest BCUT2D eigenvalue weighted by Gasteiger charge is 2.25. The standard InChI is InChI=1S/C14H17FN2/c1-10-5-4-8-13(14(10)15)17-12-7-3-2-6-11(12)9-16/h4-5,8,11-12,17H,2-3,6-7H2,1H3. The summed E-state index contributed by atoms with van der Waals surface area (Å²) in [7, 11) is 0. The summed E-state index contributed by atoms with van der Waals surface area (Å²) in [6.07, 6.45) is 4.09. The van der Waals surface area contributed by atoms with Gasteiger partial charge in [-0.2, -0.15) is 5.26 Å². The van der Waals surface area contributed by atoms with Gasteiger partial charge in [0.15, 0.2) is 0 Å². The van der Waals surface area contributed by atoms with Gasteiger partial charge in [-0.3, -0.25) is 0 Å². The summed E-state index contributed by atoms with van der Waals surface area (Å²) in [6, 6.07) is 7.74. The van der Waals surface area contributed by atoms with E-state index < -0.39 is 0 Å². The van der Waals surface area contributed by atoms with Crippen LogP contribution in [0.1, 0.15) is 31.2 Å². The summed E-state index contributed by atoms with van der Waals surface area (Å²) in [4.78, 5) is 0. The van der Waals surface area contributed by atoms with E-state index in [9.17, 15) is 4.39 Å². The van der Waals surface area contributed by atoms with Gasteiger partial charge >= 0.3 is 0 Å². The molecule has 0 bridgehead atoms. The molecule has 0 aromatic heterocycles. The van der Waals surface area contributed by atoms with Gasteiger partial charge in [0.25, 0.3) is 0 Å². The second kappa shape index (κ2) is 5.18. The Kier molecular flexibility index (Phi) is 3.63. The van der Waals surface area contributed by atoms with Gasteiger partial charge in [0, 0.05) is 6.04 Å². The zero-order valence-electron chi connectivity index (χ0n) is 10.0. The van der Waals surface area contributed by atoms with Gasteiger partial charge in [-0.05, 0) is 31.4 Å². The minimum Gasteiger partial charge on any atom is -0.379 e. The molecule has 0 heterocycles. The number of nitrogens with one attached hydrogen (secondary N) is 1. The van der Waals surface area contributed by atoms with E-state index in [1.54, 1.807) is 19.1 Å². The molecular formula is C14H17FN2. The summed E-state index contributed by atoms with van der Waals surface area (Å²) < 4.78 is 13.8. The van der Waals surface area contributed by atoms with Crippen LogP contribution in [-0.2, 0) is 0 Å². The zero-order chi connectivity index (χ0) is 12.3. The van der Waals surface area contributed by atoms with Crippen molar-refractivity contribution in [1.82, 2.24) is 0 Å². The van der Waals surface area contributed by atoms with E-state index in [2.05, 4.69) is 11.4 Å². The van der Waals surface area contributed by atoms with Gasteiger partial charge in [0.05, 0.1) is 17.7 Å². The number of nitriles is 1. The van der Waals surface area contributed by atoms with E-state index in [0.717, 1.165) is 25.7 Å². The molecule has 0 saturated heterocycles. The highest BCUT2D eigenvalue weighted by atomic mass is 19.1. The molecular weight excluding hydrogens is 215 g/mol. The Morgan fingerprint density at radius 2 is 2.12 bits per heavy atom. The Labute approximate surface area is 101 Å². The molecule has 1 fully saturated rings. The van der Waals surface area contributed by atoms with Crippen molar-refractivity contribution in [3.63, 3.8) is 0 Å². The monoisotopic (exact) mass is 232 g/mol. The summed E-state index contributed by atoms with van der Waals surface area (Å²) >= 11 is 0. The molecule has 2 nitrogen and oxygen atoms in total. The van der Waals surface area contributed by atoms with E-state index in [-0.39, 0.29) is 17.8 Å². The maximum Gasteiger partial charge on any atom is 0.149 e. The van der Waals surface area contributed by atoms with Gasteiger partial charge < -0.3 is 5.32 Å². The first-order valence-electron chi connectivity index (χ1n) is 6.13. The van der Waals surface area contributed by atoms with E-state index in [1.165, 1.54) is 0 Å². The summed E-state index contributed by atoms with van der Waals surface area (Å²) in [6.45, 7) is 1.75.